The van der Waals surface area contributed by atoms with E-state index in [-0.39, 0.29) is 22.9 Å². The number of amides is 1. The second kappa shape index (κ2) is 9.89. The fraction of sp³-hybridized carbons (Fsp3) is 0.217. The molecule has 0 radical (unpaired) electrons. The molecule has 0 bridgehead atoms. The smallest absolute Gasteiger partial charge is 0.378 e. The third-order valence-electron chi connectivity index (χ3n) is 5.47. The minimum Gasteiger partial charge on any atom is -0.378 e. The number of alkyl halides is 3. The van der Waals surface area contributed by atoms with Gasteiger partial charge in [-0.05, 0) is 30.3 Å². The van der Waals surface area contributed by atoms with Crippen molar-refractivity contribution in [3.8, 4) is 0 Å². The van der Waals surface area contributed by atoms with E-state index in [9.17, 15) is 22.4 Å². The van der Waals surface area contributed by atoms with E-state index >= 15 is 0 Å². The topological polar surface area (TPSA) is 118 Å². The number of hydrogen-bond acceptors (Lipinski definition) is 9. The lowest BCUT2D eigenvalue weighted by Gasteiger charge is -2.26. The van der Waals surface area contributed by atoms with Crippen LogP contribution in [0.15, 0.2) is 49.1 Å². The number of rotatable bonds is 5. The van der Waals surface area contributed by atoms with Crippen molar-refractivity contribution in [2.45, 2.75) is 6.18 Å². The quantitative estimate of drug-likeness (QED) is 0.384. The van der Waals surface area contributed by atoms with Gasteiger partial charge in [-0.1, -0.05) is 0 Å². The van der Waals surface area contributed by atoms with Crippen molar-refractivity contribution in [2.75, 3.05) is 41.8 Å². The number of nitrogens with zero attached hydrogens (tertiary/aromatic N) is 6. The van der Waals surface area contributed by atoms with E-state index in [1.54, 1.807) is 0 Å². The molecule has 10 nitrogen and oxygen atoms in total. The Morgan fingerprint density at radius 1 is 1.03 bits per heavy atom. The molecule has 3 aromatic heterocycles. The van der Waals surface area contributed by atoms with E-state index in [4.69, 9.17) is 4.74 Å². The molecule has 0 unspecified atom stereocenters. The number of anilines is 4. The molecule has 1 saturated heterocycles. The van der Waals surface area contributed by atoms with Crippen LogP contribution in [0.25, 0.3) is 11.0 Å². The number of hydrogen-bond donors (Lipinski definition) is 2. The first-order valence-electron chi connectivity index (χ1n) is 11.0. The number of pyridine rings is 1. The number of halogens is 4. The highest BCUT2D eigenvalue weighted by atomic mass is 19.4. The fourth-order valence-electron chi connectivity index (χ4n) is 3.61. The minimum atomic E-state index is -4.60. The van der Waals surface area contributed by atoms with Gasteiger partial charge in [0.15, 0.2) is 5.82 Å². The number of fused-ring (bicyclic) bond motifs is 1. The van der Waals surface area contributed by atoms with E-state index in [1.807, 2.05) is 4.90 Å². The molecule has 1 fully saturated rings. The maximum atomic E-state index is 14.7. The highest BCUT2D eigenvalue weighted by Crippen LogP contribution is 2.30. The maximum Gasteiger partial charge on any atom is 0.416 e. The van der Waals surface area contributed by atoms with Gasteiger partial charge in [0.25, 0.3) is 5.91 Å². The van der Waals surface area contributed by atoms with Crippen LogP contribution in [-0.4, -0.2) is 57.1 Å². The monoisotopic (exact) mass is 514 g/mol. The van der Waals surface area contributed by atoms with Crippen molar-refractivity contribution < 1.29 is 27.1 Å². The van der Waals surface area contributed by atoms with Crippen LogP contribution in [0.3, 0.4) is 0 Å². The normalized spacial score (nSPS) is 14.0. The van der Waals surface area contributed by atoms with E-state index in [1.165, 1.54) is 24.7 Å². The molecule has 0 atom stereocenters. The molecule has 5 rings (SSSR count). The predicted molar refractivity (Wildman–Crippen MR) is 125 cm³/mol. The van der Waals surface area contributed by atoms with Crippen LogP contribution in [0.4, 0.5) is 40.8 Å². The molecule has 4 aromatic rings. The average molecular weight is 514 g/mol. The molecule has 0 spiro atoms. The summed E-state index contributed by atoms with van der Waals surface area (Å²) in [6.07, 6.45) is -0.872. The average Bonchev–Trinajstić information content (AvgIpc) is 2.90. The number of benzene rings is 1. The molecular weight excluding hydrogens is 496 g/mol. The Bertz CT molecular complexity index is 1460. The first-order valence-corrected chi connectivity index (χ1v) is 11.0. The van der Waals surface area contributed by atoms with Gasteiger partial charge in [0.2, 0.25) is 5.95 Å². The van der Waals surface area contributed by atoms with Crippen LogP contribution in [-0.2, 0) is 10.9 Å². The number of ether oxygens (including phenoxy) is 1. The van der Waals surface area contributed by atoms with Crippen LogP contribution in [0.5, 0.6) is 0 Å². The van der Waals surface area contributed by atoms with Crippen LogP contribution in [0.2, 0.25) is 0 Å². The lowest BCUT2D eigenvalue weighted by atomic mass is 10.1. The Morgan fingerprint density at radius 3 is 2.62 bits per heavy atom. The summed E-state index contributed by atoms with van der Waals surface area (Å²) < 4.78 is 58.9. The number of carbonyl (C=O) groups excluding carboxylic acids is 1. The fourth-order valence-corrected chi connectivity index (χ4v) is 3.61. The molecule has 2 N–H and O–H groups in total. The van der Waals surface area contributed by atoms with E-state index < -0.39 is 23.5 Å². The summed E-state index contributed by atoms with van der Waals surface area (Å²) in [5.41, 5.74) is -0.338. The summed E-state index contributed by atoms with van der Waals surface area (Å²) in [6, 6.07) is 4.94. The molecular formula is C23H18F4N8O2. The summed E-state index contributed by atoms with van der Waals surface area (Å²) in [5.74, 6) is -1.15. The van der Waals surface area contributed by atoms with Gasteiger partial charge in [-0.3, -0.25) is 4.79 Å². The molecule has 1 aliphatic heterocycles. The Balaban J connectivity index is 1.41. The number of aromatic nitrogens is 5. The molecule has 1 amide bonds. The summed E-state index contributed by atoms with van der Waals surface area (Å²) in [4.78, 5) is 35.5. The zero-order valence-corrected chi connectivity index (χ0v) is 19.0. The second-order valence-electron chi connectivity index (χ2n) is 7.93. The Kier molecular flexibility index (Phi) is 6.48. The Labute approximate surface area is 206 Å². The molecule has 1 aromatic carbocycles. The SMILES string of the molecule is O=C(Nc1cc(C(F)(F)F)ccn1)c1ccc(F)c(Nc2ncnc3cnc(N4CCOCC4)nc23)c1. The first kappa shape index (κ1) is 24.2. The van der Waals surface area contributed by atoms with Crippen LogP contribution < -0.4 is 15.5 Å². The minimum absolute atomic E-state index is 0.0231. The molecule has 190 valence electrons. The van der Waals surface area contributed by atoms with Gasteiger partial charge in [0.05, 0.1) is 30.7 Å². The maximum absolute atomic E-state index is 14.7. The largest absolute Gasteiger partial charge is 0.416 e. The Morgan fingerprint density at radius 2 is 1.84 bits per heavy atom. The number of morpholine rings is 1. The zero-order chi connectivity index (χ0) is 26.0. The zero-order valence-electron chi connectivity index (χ0n) is 19.0. The van der Waals surface area contributed by atoms with Gasteiger partial charge < -0.3 is 20.3 Å². The van der Waals surface area contributed by atoms with Gasteiger partial charge in [-0.25, -0.2) is 29.3 Å². The van der Waals surface area contributed by atoms with E-state index in [2.05, 4.69) is 35.6 Å². The lowest BCUT2D eigenvalue weighted by Crippen LogP contribution is -2.37. The van der Waals surface area contributed by atoms with Gasteiger partial charge in [0, 0.05) is 24.8 Å². The molecule has 0 aliphatic carbocycles. The highest BCUT2D eigenvalue weighted by Gasteiger charge is 2.31. The van der Waals surface area contributed by atoms with Crippen molar-refractivity contribution in [2.24, 2.45) is 0 Å². The molecule has 37 heavy (non-hydrogen) atoms. The third-order valence-corrected chi connectivity index (χ3v) is 5.47. The molecule has 14 heteroatoms. The van der Waals surface area contributed by atoms with Crippen molar-refractivity contribution in [1.29, 1.82) is 0 Å². The standard InChI is InChI=1S/C23H18F4N8O2/c24-15-2-1-13(21(36)33-18-10-14(3-4-28-18)23(25,26)27)9-16(15)32-20-19-17(30-12-31-20)11-29-22(34-19)35-5-7-37-8-6-35/h1-4,9-12H,5-8H2,(H,28,33,36)(H,30,31,32). The third kappa shape index (κ3) is 5.38. The van der Waals surface area contributed by atoms with Gasteiger partial charge >= 0.3 is 6.18 Å². The predicted octanol–water partition coefficient (Wildman–Crippen LogP) is 3.81. The van der Waals surface area contributed by atoms with Crippen LogP contribution in [0, 0.1) is 5.82 Å². The highest BCUT2D eigenvalue weighted by molar-refractivity contribution is 6.04. The number of nitrogens with one attached hydrogen (secondary N) is 2. The van der Waals surface area contributed by atoms with Crippen molar-refractivity contribution >= 4 is 40.2 Å². The second-order valence-corrected chi connectivity index (χ2v) is 7.93. The van der Waals surface area contributed by atoms with Gasteiger partial charge in [-0.15, -0.1) is 0 Å². The van der Waals surface area contributed by atoms with Gasteiger partial charge in [0.1, 0.15) is 29.0 Å². The first-order chi connectivity index (χ1) is 17.8. The molecule has 1 aliphatic rings. The summed E-state index contributed by atoms with van der Waals surface area (Å²) in [6.45, 7) is 2.28. The van der Waals surface area contributed by atoms with Crippen molar-refractivity contribution in [3.63, 3.8) is 0 Å². The van der Waals surface area contributed by atoms with E-state index in [0.717, 1.165) is 18.3 Å². The van der Waals surface area contributed by atoms with Crippen LogP contribution in [0.1, 0.15) is 15.9 Å². The summed E-state index contributed by atoms with van der Waals surface area (Å²) >= 11 is 0. The Hall–Kier alpha value is -4.46. The van der Waals surface area contributed by atoms with Crippen molar-refractivity contribution in [1.82, 2.24) is 24.9 Å². The van der Waals surface area contributed by atoms with Crippen LogP contribution >= 0.6 is 0 Å². The lowest BCUT2D eigenvalue weighted by molar-refractivity contribution is -0.137. The molecule has 4 heterocycles. The summed E-state index contributed by atoms with van der Waals surface area (Å²) in [7, 11) is 0. The van der Waals surface area contributed by atoms with E-state index in [0.29, 0.717) is 49.4 Å². The van der Waals surface area contributed by atoms with Gasteiger partial charge in [-0.2, -0.15) is 13.2 Å². The van der Waals surface area contributed by atoms with Crippen molar-refractivity contribution in [3.05, 3.63) is 66.0 Å². The number of carbonyl (C=O) groups is 1. The molecule has 0 saturated carbocycles. The summed E-state index contributed by atoms with van der Waals surface area (Å²) in [5, 5.41) is 5.12.